The second-order valence-electron chi connectivity index (χ2n) is 26.9. The first kappa shape index (κ1) is 91.1. The van der Waals surface area contributed by atoms with Gasteiger partial charge in [-0.2, -0.15) is 0 Å². The summed E-state index contributed by atoms with van der Waals surface area (Å²) in [4.78, 5) is 72.6. The van der Waals surface area contributed by atoms with Crippen LogP contribution in [0.1, 0.15) is 388 Å². The lowest BCUT2D eigenvalue weighted by molar-refractivity contribution is -0.161. The predicted molar refractivity (Wildman–Crippen MR) is 377 cm³/mol. The molecule has 0 radical (unpaired) electrons. The van der Waals surface area contributed by atoms with Crippen LogP contribution in [0.2, 0.25) is 0 Å². The van der Waals surface area contributed by atoms with Gasteiger partial charge in [0.2, 0.25) is 0 Å². The van der Waals surface area contributed by atoms with Crippen LogP contribution in [-0.4, -0.2) is 96.7 Å². The summed E-state index contributed by atoms with van der Waals surface area (Å²) in [5.74, 6) is -1.39. The van der Waals surface area contributed by atoms with Crippen molar-refractivity contribution in [3.05, 3.63) is 0 Å². The van der Waals surface area contributed by atoms with Crippen molar-refractivity contribution in [3.63, 3.8) is 0 Å². The predicted octanol–water partition coefficient (Wildman–Crippen LogP) is 21.7. The fourth-order valence-electron chi connectivity index (χ4n) is 11.3. The maximum atomic E-state index is 13.1. The number of hydrogen-bond acceptors (Lipinski definition) is 15. The molecule has 3 unspecified atom stereocenters. The molecule has 0 aromatic carbocycles. The lowest BCUT2D eigenvalue weighted by atomic mass is 10.00. The molecule has 0 spiro atoms. The fraction of sp³-hybridized carbons (Fsp3) is 0.946. The van der Waals surface area contributed by atoms with E-state index in [9.17, 15) is 43.2 Å². The molecule has 0 aromatic heterocycles. The van der Waals surface area contributed by atoms with Gasteiger partial charge in [0.05, 0.1) is 26.4 Å². The molecule has 0 aliphatic rings. The van der Waals surface area contributed by atoms with Gasteiger partial charge in [-0.3, -0.25) is 37.3 Å². The molecule has 0 aliphatic heterocycles. The number of ether oxygens (including phenoxy) is 4. The zero-order chi connectivity index (χ0) is 68.4. The molecule has 19 heteroatoms. The van der Waals surface area contributed by atoms with Gasteiger partial charge in [0.25, 0.3) is 0 Å². The van der Waals surface area contributed by atoms with Gasteiger partial charge in [0.15, 0.2) is 12.2 Å². The van der Waals surface area contributed by atoms with Crippen LogP contribution in [0.5, 0.6) is 0 Å². The highest BCUT2D eigenvalue weighted by Crippen LogP contribution is 2.45. The number of rotatable bonds is 74. The van der Waals surface area contributed by atoms with Crippen molar-refractivity contribution in [3.8, 4) is 0 Å². The minimum Gasteiger partial charge on any atom is -0.462 e. The first-order valence-corrected chi connectivity index (χ1v) is 41.7. The minimum absolute atomic E-state index is 0.106. The largest absolute Gasteiger partial charge is 0.472 e. The zero-order valence-electron chi connectivity index (χ0n) is 60.4. The van der Waals surface area contributed by atoms with Crippen LogP contribution in [0.4, 0.5) is 0 Å². The number of phosphoric acid groups is 2. The monoisotopic (exact) mass is 1370 g/mol. The maximum Gasteiger partial charge on any atom is 0.472 e. The van der Waals surface area contributed by atoms with Crippen LogP contribution in [0.3, 0.4) is 0 Å². The number of carbonyl (C=O) groups excluding carboxylic acids is 4. The Morgan fingerprint density at radius 3 is 0.763 bits per heavy atom. The Labute approximate surface area is 568 Å². The Morgan fingerprint density at radius 1 is 0.301 bits per heavy atom. The van der Waals surface area contributed by atoms with Gasteiger partial charge in [0, 0.05) is 25.7 Å². The summed E-state index contributed by atoms with van der Waals surface area (Å²) in [6, 6.07) is 0. The summed E-state index contributed by atoms with van der Waals surface area (Å²) < 4.78 is 68.4. The van der Waals surface area contributed by atoms with E-state index in [2.05, 4.69) is 34.6 Å². The smallest absolute Gasteiger partial charge is 0.462 e. The Hall–Kier alpha value is -1.94. The van der Waals surface area contributed by atoms with E-state index < -0.39 is 97.5 Å². The van der Waals surface area contributed by atoms with E-state index in [1.54, 1.807) is 0 Å². The first-order valence-electron chi connectivity index (χ1n) is 38.7. The van der Waals surface area contributed by atoms with Crippen molar-refractivity contribution in [2.24, 2.45) is 5.92 Å². The summed E-state index contributed by atoms with van der Waals surface area (Å²) >= 11 is 0. The first-order chi connectivity index (χ1) is 45.1. The molecule has 17 nitrogen and oxygen atoms in total. The van der Waals surface area contributed by atoms with E-state index in [-0.39, 0.29) is 25.7 Å². The molecule has 0 bridgehead atoms. The number of unbranched alkanes of at least 4 members (excludes halogenated alkanes) is 45. The van der Waals surface area contributed by atoms with Gasteiger partial charge in [-0.15, -0.1) is 0 Å². The third-order valence-corrected chi connectivity index (χ3v) is 19.5. The van der Waals surface area contributed by atoms with Crippen LogP contribution < -0.4 is 0 Å². The summed E-state index contributed by atoms with van der Waals surface area (Å²) in [5.41, 5.74) is 0. The van der Waals surface area contributed by atoms with Crippen molar-refractivity contribution in [1.82, 2.24) is 0 Å². The van der Waals surface area contributed by atoms with Gasteiger partial charge >= 0.3 is 39.5 Å². The molecular weight excluding hydrogens is 1220 g/mol. The van der Waals surface area contributed by atoms with Crippen LogP contribution in [-0.2, 0) is 65.4 Å². The van der Waals surface area contributed by atoms with E-state index in [0.29, 0.717) is 25.7 Å². The molecule has 0 heterocycles. The van der Waals surface area contributed by atoms with E-state index in [0.717, 1.165) is 102 Å². The Balaban J connectivity index is 5.17. The third kappa shape index (κ3) is 67.0. The molecule has 3 N–H and O–H groups in total. The quantitative estimate of drug-likeness (QED) is 0.0222. The summed E-state index contributed by atoms with van der Waals surface area (Å²) in [6.07, 6.45) is 55.6. The zero-order valence-corrected chi connectivity index (χ0v) is 62.2. The van der Waals surface area contributed by atoms with E-state index in [4.69, 9.17) is 37.0 Å². The van der Waals surface area contributed by atoms with Crippen LogP contribution >= 0.6 is 15.6 Å². The third-order valence-electron chi connectivity index (χ3n) is 17.6. The summed E-state index contributed by atoms with van der Waals surface area (Å²) in [7, 11) is -9.90. The standard InChI is InChI=1S/C74H144O17P2/c1-6-10-13-16-19-22-25-26-27-28-29-30-31-32-33-34-37-40-43-50-55-60-74(79)90-69(63-84-71(76)57-52-47-41-38-35-23-20-17-14-11-7-2)65-88-92(80,81)86-61-68(75)62-87-93(82,83)89-66-70(64-85-72(77)58-53-48-45-44-46-51-56-67(5)9-4)91-73(78)59-54-49-42-39-36-24-21-18-15-12-8-3/h67-70,75H,6-66H2,1-5H3,(H,80,81)(H,82,83)/t67?,68-,69-,70-/m1/s1. The van der Waals surface area contributed by atoms with Crippen LogP contribution in [0.15, 0.2) is 0 Å². The Morgan fingerprint density at radius 2 is 0.516 bits per heavy atom. The van der Waals surface area contributed by atoms with Crippen molar-refractivity contribution in [2.75, 3.05) is 39.6 Å². The maximum absolute atomic E-state index is 13.1. The molecule has 0 rings (SSSR count). The molecule has 0 aromatic rings. The van der Waals surface area contributed by atoms with Crippen molar-refractivity contribution in [2.45, 2.75) is 406 Å². The highest BCUT2D eigenvalue weighted by Gasteiger charge is 2.30. The SMILES string of the molecule is CCCCCCCCCCCCCCCCCCCCCCCC(=O)O[C@H](COC(=O)CCCCCCCCCCCCC)COP(=O)(O)OC[C@@H](O)COP(=O)(O)OC[C@@H](COC(=O)CCCCCCCCC(C)CC)OC(=O)CCCCCCCCCCCCC. The van der Waals surface area contributed by atoms with Crippen molar-refractivity contribution >= 4 is 39.5 Å². The van der Waals surface area contributed by atoms with Gasteiger partial charge in [-0.1, -0.05) is 336 Å². The normalized spacial score (nSPS) is 14.3. The molecule has 6 atom stereocenters. The van der Waals surface area contributed by atoms with Gasteiger partial charge in [-0.25, -0.2) is 9.13 Å². The highest BCUT2D eigenvalue weighted by atomic mass is 31.2. The van der Waals surface area contributed by atoms with E-state index in [1.807, 2.05) is 0 Å². The second-order valence-corrected chi connectivity index (χ2v) is 29.8. The van der Waals surface area contributed by atoms with E-state index >= 15 is 0 Å². The summed E-state index contributed by atoms with van der Waals surface area (Å²) in [5, 5.41) is 10.6. The molecule has 0 amide bonds. The van der Waals surface area contributed by atoms with Crippen LogP contribution in [0, 0.1) is 5.92 Å². The van der Waals surface area contributed by atoms with Gasteiger partial charge < -0.3 is 33.8 Å². The van der Waals surface area contributed by atoms with Crippen molar-refractivity contribution < 1.29 is 80.2 Å². The molecular formula is C74H144O17P2. The number of aliphatic hydroxyl groups is 1. The molecule has 0 fully saturated rings. The van der Waals surface area contributed by atoms with Gasteiger partial charge in [-0.05, 0) is 31.6 Å². The minimum atomic E-state index is -4.95. The molecule has 0 saturated heterocycles. The Bertz CT molecular complexity index is 1790. The van der Waals surface area contributed by atoms with Gasteiger partial charge in [0.1, 0.15) is 19.3 Å². The average molecular weight is 1370 g/mol. The molecule has 0 aliphatic carbocycles. The number of esters is 4. The number of hydrogen-bond donors (Lipinski definition) is 3. The topological polar surface area (TPSA) is 237 Å². The lowest BCUT2D eigenvalue weighted by Gasteiger charge is -2.21. The molecule has 552 valence electrons. The second kappa shape index (κ2) is 67.3. The molecule has 93 heavy (non-hydrogen) atoms. The fourth-order valence-corrected chi connectivity index (χ4v) is 12.9. The highest BCUT2D eigenvalue weighted by molar-refractivity contribution is 7.47. The average Bonchev–Trinajstić information content (AvgIpc) is 2.49. The van der Waals surface area contributed by atoms with Crippen molar-refractivity contribution in [1.29, 1.82) is 0 Å². The number of aliphatic hydroxyl groups excluding tert-OH is 1. The van der Waals surface area contributed by atoms with Crippen LogP contribution in [0.25, 0.3) is 0 Å². The number of phosphoric ester groups is 2. The lowest BCUT2D eigenvalue weighted by Crippen LogP contribution is -2.30. The molecule has 0 saturated carbocycles. The Kier molecular flexibility index (Phi) is 65.9. The summed E-state index contributed by atoms with van der Waals surface area (Å²) in [6.45, 7) is 7.22. The number of carbonyl (C=O) groups is 4. The van der Waals surface area contributed by atoms with E-state index in [1.165, 1.54) is 205 Å².